The van der Waals surface area contributed by atoms with Gasteiger partial charge in [-0.25, -0.2) is 8.78 Å². The summed E-state index contributed by atoms with van der Waals surface area (Å²) in [5.41, 5.74) is 0.261. The fraction of sp³-hybridized carbons (Fsp3) is 0.400. The van der Waals surface area contributed by atoms with Crippen molar-refractivity contribution in [2.75, 3.05) is 6.61 Å². The van der Waals surface area contributed by atoms with Crippen molar-refractivity contribution in [2.24, 2.45) is 5.92 Å². The first-order valence-electron chi connectivity index (χ1n) is 10.5. The number of allylic oxidation sites excluding steroid dienone is 2. The van der Waals surface area contributed by atoms with Crippen LogP contribution >= 0.6 is 0 Å². The summed E-state index contributed by atoms with van der Waals surface area (Å²) < 4.78 is 60.8. The molecule has 0 spiro atoms. The minimum absolute atomic E-state index is 0.108. The smallest absolute Gasteiger partial charge is 0.316 e. The van der Waals surface area contributed by atoms with Gasteiger partial charge < -0.3 is 4.74 Å². The highest BCUT2D eigenvalue weighted by Gasteiger charge is 2.33. The number of ether oxygens (including phenoxy) is 1. The lowest BCUT2D eigenvalue weighted by Crippen LogP contribution is -2.20. The first-order chi connectivity index (χ1) is 14.8. The maximum atomic E-state index is 14.4. The van der Waals surface area contributed by atoms with Gasteiger partial charge in [0.1, 0.15) is 23.3 Å². The van der Waals surface area contributed by atoms with Crippen LogP contribution in [0.1, 0.15) is 60.8 Å². The molecule has 1 aliphatic rings. The summed E-state index contributed by atoms with van der Waals surface area (Å²) in [4.78, 5) is 0. The van der Waals surface area contributed by atoms with Crippen molar-refractivity contribution < 1.29 is 22.3 Å². The molecular weight excluding hydrogens is 406 g/mol. The summed E-state index contributed by atoms with van der Waals surface area (Å²) in [7, 11) is 0. The Hall–Kier alpha value is -2.65. The SMILES string of the molecule is CC=CC1CCC(c2ccc(C(F)(F)OCCc3cc(F)c(C#N)c(F)c3)cc2)CC1. The number of nitrogens with zero attached hydrogens (tertiary/aromatic N) is 1. The maximum Gasteiger partial charge on any atom is 0.383 e. The van der Waals surface area contributed by atoms with Gasteiger partial charge >= 0.3 is 6.11 Å². The van der Waals surface area contributed by atoms with E-state index in [0.717, 1.165) is 43.4 Å². The van der Waals surface area contributed by atoms with Crippen LogP contribution in [0.3, 0.4) is 0 Å². The molecule has 2 aromatic rings. The van der Waals surface area contributed by atoms with Crippen LogP contribution < -0.4 is 0 Å². The lowest BCUT2D eigenvalue weighted by Gasteiger charge is -2.27. The molecule has 164 valence electrons. The number of nitriles is 1. The van der Waals surface area contributed by atoms with Gasteiger partial charge in [-0.3, -0.25) is 0 Å². The number of benzene rings is 2. The molecule has 1 saturated carbocycles. The number of alkyl halides is 2. The minimum Gasteiger partial charge on any atom is -0.316 e. The fourth-order valence-electron chi connectivity index (χ4n) is 4.12. The number of halogens is 4. The van der Waals surface area contributed by atoms with Crippen molar-refractivity contribution >= 4 is 0 Å². The predicted octanol–water partition coefficient (Wildman–Crippen LogP) is 6.99. The zero-order valence-corrected chi connectivity index (χ0v) is 17.4. The lowest BCUT2D eigenvalue weighted by molar-refractivity contribution is -0.248. The van der Waals surface area contributed by atoms with Gasteiger partial charge in [0.2, 0.25) is 0 Å². The molecule has 0 aromatic heterocycles. The highest BCUT2D eigenvalue weighted by molar-refractivity contribution is 5.35. The Morgan fingerprint density at radius 1 is 1.06 bits per heavy atom. The molecule has 0 heterocycles. The second-order valence-corrected chi connectivity index (χ2v) is 7.92. The monoisotopic (exact) mass is 431 g/mol. The maximum absolute atomic E-state index is 14.4. The van der Waals surface area contributed by atoms with Crippen molar-refractivity contribution in [1.82, 2.24) is 0 Å². The van der Waals surface area contributed by atoms with Gasteiger partial charge in [0, 0.05) is 0 Å². The van der Waals surface area contributed by atoms with Crippen LogP contribution in [0.25, 0.3) is 0 Å². The van der Waals surface area contributed by atoms with E-state index in [-0.39, 0.29) is 17.5 Å². The third-order valence-electron chi connectivity index (χ3n) is 5.84. The topological polar surface area (TPSA) is 33.0 Å². The Bertz CT molecular complexity index is 931. The zero-order valence-electron chi connectivity index (χ0n) is 17.4. The summed E-state index contributed by atoms with van der Waals surface area (Å²) in [6.45, 7) is 1.60. The van der Waals surface area contributed by atoms with E-state index in [1.807, 2.05) is 6.92 Å². The molecule has 0 radical (unpaired) electrons. The van der Waals surface area contributed by atoms with Gasteiger partial charge in [0.05, 0.1) is 12.2 Å². The van der Waals surface area contributed by atoms with Crippen molar-refractivity contribution in [1.29, 1.82) is 5.26 Å². The molecule has 0 saturated heterocycles. The highest BCUT2D eigenvalue weighted by atomic mass is 19.3. The van der Waals surface area contributed by atoms with E-state index >= 15 is 0 Å². The molecule has 0 N–H and O–H groups in total. The largest absolute Gasteiger partial charge is 0.383 e. The average molecular weight is 431 g/mol. The second-order valence-electron chi connectivity index (χ2n) is 7.92. The molecule has 1 fully saturated rings. The van der Waals surface area contributed by atoms with Gasteiger partial charge in [-0.15, -0.1) is 0 Å². The molecule has 0 aliphatic heterocycles. The van der Waals surface area contributed by atoms with Gasteiger partial charge in [0.25, 0.3) is 0 Å². The van der Waals surface area contributed by atoms with Gasteiger partial charge in [0.15, 0.2) is 0 Å². The van der Waals surface area contributed by atoms with Crippen molar-refractivity contribution in [2.45, 2.75) is 51.1 Å². The van der Waals surface area contributed by atoms with Crippen LogP contribution in [0.2, 0.25) is 0 Å². The van der Waals surface area contributed by atoms with Crippen molar-refractivity contribution in [3.05, 3.63) is 82.4 Å². The first-order valence-corrected chi connectivity index (χ1v) is 10.5. The molecule has 2 aromatic carbocycles. The van der Waals surface area contributed by atoms with Gasteiger partial charge in [-0.1, -0.05) is 36.4 Å². The third kappa shape index (κ3) is 5.74. The van der Waals surface area contributed by atoms with Crippen molar-refractivity contribution in [3.63, 3.8) is 0 Å². The van der Waals surface area contributed by atoms with E-state index in [1.165, 1.54) is 18.2 Å². The first kappa shape index (κ1) is 23.0. The summed E-state index contributed by atoms with van der Waals surface area (Å²) in [5.74, 6) is -1.04. The summed E-state index contributed by atoms with van der Waals surface area (Å²) >= 11 is 0. The molecular formula is C25H25F4NO. The number of rotatable bonds is 7. The van der Waals surface area contributed by atoms with Crippen LogP contribution in [0.5, 0.6) is 0 Å². The van der Waals surface area contributed by atoms with Gasteiger partial charge in [-0.05, 0) is 74.1 Å². The molecule has 2 nitrogen and oxygen atoms in total. The van der Waals surface area contributed by atoms with E-state index in [9.17, 15) is 17.6 Å². The molecule has 0 atom stereocenters. The minimum atomic E-state index is -3.51. The number of hydrogen-bond donors (Lipinski definition) is 0. The molecule has 0 unspecified atom stereocenters. The molecule has 31 heavy (non-hydrogen) atoms. The van der Waals surface area contributed by atoms with Crippen LogP contribution in [-0.2, 0) is 17.3 Å². The third-order valence-corrected chi connectivity index (χ3v) is 5.84. The Morgan fingerprint density at radius 3 is 2.23 bits per heavy atom. The zero-order chi connectivity index (χ0) is 22.4. The predicted molar refractivity (Wildman–Crippen MR) is 111 cm³/mol. The van der Waals surface area contributed by atoms with Gasteiger partial charge in [-0.2, -0.15) is 14.0 Å². The van der Waals surface area contributed by atoms with Crippen LogP contribution in [0.4, 0.5) is 17.6 Å². The normalized spacial score (nSPS) is 19.5. The molecule has 0 amide bonds. The van der Waals surface area contributed by atoms with E-state index in [2.05, 4.69) is 12.2 Å². The number of hydrogen-bond acceptors (Lipinski definition) is 2. The molecule has 1 aliphatic carbocycles. The highest BCUT2D eigenvalue weighted by Crippen LogP contribution is 2.37. The van der Waals surface area contributed by atoms with E-state index < -0.39 is 29.9 Å². The Labute approximate surface area is 180 Å². The Balaban J connectivity index is 1.57. The Kier molecular flexibility index (Phi) is 7.50. The van der Waals surface area contributed by atoms with E-state index in [4.69, 9.17) is 10.00 Å². The summed E-state index contributed by atoms with van der Waals surface area (Å²) in [5, 5.41) is 8.68. The van der Waals surface area contributed by atoms with Crippen LogP contribution in [0.15, 0.2) is 48.6 Å². The summed E-state index contributed by atoms with van der Waals surface area (Å²) in [6, 6.07) is 9.58. The quantitative estimate of drug-likeness (QED) is 0.349. The second kappa shape index (κ2) is 10.1. The van der Waals surface area contributed by atoms with E-state index in [1.54, 1.807) is 12.1 Å². The standard InChI is InChI=1S/C25H25F4NO/c1-2-3-17-4-6-19(7-5-17)20-8-10-21(11-9-20)25(28,29)31-13-12-18-14-23(26)22(16-30)24(27)15-18/h2-3,8-11,14-15,17,19H,4-7,12-13H2,1H3. The van der Waals surface area contributed by atoms with Crippen LogP contribution in [0, 0.1) is 28.9 Å². The van der Waals surface area contributed by atoms with E-state index in [0.29, 0.717) is 11.8 Å². The molecule has 3 rings (SSSR count). The lowest BCUT2D eigenvalue weighted by atomic mass is 9.78. The molecule has 6 heteroatoms. The average Bonchev–Trinajstić information content (AvgIpc) is 2.74. The van der Waals surface area contributed by atoms with Crippen LogP contribution in [-0.4, -0.2) is 6.61 Å². The molecule has 0 bridgehead atoms. The summed E-state index contributed by atoms with van der Waals surface area (Å²) in [6.07, 6.45) is 4.99. The fourth-order valence-corrected chi connectivity index (χ4v) is 4.12. The Morgan fingerprint density at radius 2 is 1.68 bits per heavy atom. The van der Waals surface area contributed by atoms with Crippen molar-refractivity contribution in [3.8, 4) is 6.07 Å².